The summed E-state index contributed by atoms with van der Waals surface area (Å²) < 4.78 is 11.0. The zero-order chi connectivity index (χ0) is 17.0. The van der Waals surface area contributed by atoms with E-state index in [1.54, 1.807) is 18.2 Å². The van der Waals surface area contributed by atoms with E-state index in [1.165, 1.54) is 5.56 Å². The van der Waals surface area contributed by atoms with Crippen LogP contribution in [0.5, 0.6) is 0 Å². The Hall–Kier alpha value is -1.66. The lowest BCUT2D eigenvalue weighted by Gasteiger charge is -2.24. The number of methoxy groups -OCH3 is 1. The van der Waals surface area contributed by atoms with Gasteiger partial charge in [-0.1, -0.05) is 0 Å². The fourth-order valence-electron chi connectivity index (χ4n) is 2.61. The van der Waals surface area contributed by atoms with E-state index in [0.717, 1.165) is 5.56 Å². The van der Waals surface area contributed by atoms with Crippen molar-refractivity contribution in [2.24, 2.45) is 0 Å². The fraction of sp³-hybridized carbons (Fsp3) is 0.647. The topological polar surface area (TPSA) is 63.7 Å². The van der Waals surface area contributed by atoms with Gasteiger partial charge in [0, 0.05) is 32.6 Å². The van der Waals surface area contributed by atoms with Crippen molar-refractivity contribution in [2.45, 2.75) is 52.0 Å². The predicted molar refractivity (Wildman–Crippen MR) is 88.2 cm³/mol. The third kappa shape index (κ3) is 4.91. The normalized spacial score (nSPS) is 21.5. The Morgan fingerprint density at radius 2 is 2.17 bits per heavy atom. The molecule has 128 valence electrons. The van der Waals surface area contributed by atoms with Crippen LogP contribution in [0.4, 0.5) is 4.79 Å². The van der Waals surface area contributed by atoms with Crippen LogP contribution in [0.3, 0.4) is 0 Å². The summed E-state index contributed by atoms with van der Waals surface area (Å²) in [4.78, 5) is 18.1. The number of ether oxygens (including phenoxy) is 2. The molecule has 2 atom stereocenters. The van der Waals surface area contributed by atoms with Crippen molar-refractivity contribution < 1.29 is 14.3 Å². The first-order valence-corrected chi connectivity index (χ1v) is 7.94. The number of amides is 1. The van der Waals surface area contributed by atoms with Gasteiger partial charge in [-0.3, -0.25) is 4.98 Å². The minimum atomic E-state index is -0.488. The van der Waals surface area contributed by atoms with E-state index in [1.807, 2.05) is 33.0 Å². The second kappa shape index (κ2) is 7.27. The number of carbonyl (C=O) groups excluding carboxylic acids is 1. The fourth-order valence-corrected chi connectivity index (χ4v) is 2.61. The van der Waals surface area contributed by atoms with Gasteiger partial charge in [-0.2, -0.15) is 0 Å². The zero-order valence-electron chi connectivity index (χ0n) is 14.6. The largest absolute Gasteiger partial charge is 0.444 e. The number of likely N-dealkylation sites (tertiary alicyclic amines) is 1. The average molecular weight is 321 g/mol. The Morgan fingerprint density at radius 3 is 2.78 bits per heavy atom. The van der Waals surface area contributed by atoms with Gasteiger partial charge in [-0.15, -0.1) is 0 Å². The van der Waals surface area contributed by atoms with Gasteiger partial charge >= 0.3 is 6.09 Å². The average Bonchev–Trinajstić information content (AvgIpc) is 2.88. The van der Waals surface area contributed by atoms with Crippen molar-refractivity contribution in [3.63, 3.8) is 0 Å². The van der Waals surface area contributed by atoms with Crippen LogP contribution in [-0.4, -0.2) is 53.9 Å². The Balaban J connectivity index is 1.94. The molecule has 1 N–H and O–H groups in total. The summed E-state index contributed by atoms with van der Waals surface area (Å²) in [5.41, 5.74) is 1.86. The van der Waals surface area contributed by atoms with Gasteiger partial charge < -0.3 is 19.7 Å². The Morgan fingerprint density at radius 1 is 1.43 bits per heavy atom. The van der Waals surface area contributed by atoms with Crippen LogP contribution < -0.4 is 5.32 Å². The van der Waals surface area contributed by atoms with Crippen LogP contribution in [0.2, 0.25) is 0 Å². The molecule has 1 fully saturated rings. The van der Waals surface area contributed by atoms with Crippen molar-refractivity contribution in [1.29, 1.82) is 0 Å². The van der Waals surface area contributed by atoms with E-state index in [4.69, 9.17) is 9.47 Å². The lowest BCUT2D eigenvalue weighted by Crippen LogP contribution is -2.40. The number of aryl methyl sites for hydroxylation is 1. The minimum Gasteiger partial charge on any atom is -0.444 e. The maximum Gasteiger partial charge on any atom is 0.410 e. The number of rotatable bonds is 4. The lowest BCUT2D eigenvalue weighted by molar-refractivity contribution is 0.0252. The van der Waals surface area contributed by atoms with Gasteiger partial charge in [-0.05, 0) is 44.9 Å². The first-order chi connectivity index (χ1) is 10.8. The second-order valence-electron chi connectivity index (χ2n) is 6.95. The maximum atomic E-state index is 12.2. The molecule has 0 spiro atoms. The number of hydrogen-bond donors (Lipinski definition) is 1. The number of carbonyl (C=O) groups is 1. The van der Waals surface area contributed by atoms with Crippen molar-refractivity contribution in [2.75, 3.05) is 20.2 Å². The SMILES string of the molecule is CO[C@H]1CN(C(=O)OC(C)(C)C)CC1NCc1cnccc1C. The van der Waals surface area contributed by atoms with Crippen LogP contribution in [0, 0.1) is 6.92 Å². The lowest BCUT2D eigenvalue weighted by atomic mass is 10.1. The number of aromatic nitrogens is 1. The monoisotopic (exact) mass is 321 g/mol. The van der Waals surface area contributed by atoms with Crippen molar-refractivity contribution in [3.05, 3.63) is 29.6 Å². The highest BCUT2D eigenvalue weighted by atomic mass is 16.6. The Labute approximate surface area is 138 Å². The number of nitrogens with zero attached hydrogens (tertiary/aromatic N) is 2. The van der Waals surface area contributed by atoms with E-state index in [-0.39, 0.29) is 18.2 Å². The summed E-state index contributed by atoms with van der Waals surface area (Å²) in [6, 6.07) is 2.07. The van der Waals surface area contributed by atoms with Crippen LogP contribution in [-0.2, 0) is 16.0 Å². The predicted octanol–water partition coefficient (Wildman–Crippen LogP) is 2.11. The second-order valence-corrected chi connectivity index (χ2v) is 6.95. The molecule has 0 saturated carbocycles. The van der Waals surface area contributed by atoms with Crippen LogP contribution in [0.25, 0.3) is 0 Å². The maximum absolute atomic E-state index is 12.2. The van der Waals surface area contributed by atoms with Gasteiger partial charge in [-0.25, -0.2) is 4.79 Å². The smallest absolute Gasteiger partial charge is 0.410 e. The standard InChI is InChI=1S/C17H27N3O3/c1-12-6-7-18-8-13(12)9-19-14-10-20(11-15(14)22-5)16(21)23-17(2,3)4/h6-8,14-15,19H,9-11H2,1-5H3/t14?,15-/m0/s1. The van der Waals surface area contributed by atoms with E-state index < -0.39 is 5.60 Å². The molecule has 2 rings (SSSR count). The third-order valence-electron chi connectivity index (χ3n) is 3.92. The molecule has 2 heterocycles. The van der Waals surface area contributed by atoms with Gasteiger partial charge in [0.25, 0.3) is 0 Å². The van der Waals surface area contributed by atoms with E-state index in [2.05, 4.69) is 17.2 Å². The van der Waals surface area contributed by atoms with Crippen LogP contribution in [0.15, 0.2) is 18.5 Å². The highest BCUT2D eigenvalue weighted by Gasteiger charge is 2.37. The van der Waals surface area contributed by atoms with Crippen molar-refractivity contribution in [3.8, 4) is 0 Å². The molecule has 6 heteroatoms. The quantitative estimate of drug-likeness (QED) is 0.920. The first-order valence-electron chi connectivity index (χ1n) is 7.94. The number of nitrogens with one attached hydrogen (secondary N) is 1. The summed E-state index contributed by atoms with van der Waals surface area (Å²) in [7, 11) is 1.67. The highest BCUT2D eigenvalue weighted by Crippen LogP contribution is 2.18. The molecular formula is C17H27N3O3. The van der Waals surface area contributed by atoms with E-state index in [0.29, 0.717) is 19.6 Å². The molecule has 1 aliphatic heterocycles. The molecule has 1 aromatic rings. The molecule has 0 aromatic carbocycles. The molecular weight excluding hydrogens is 294 g/mol. The van der Waals surface area contributed by atoms with Gasteiger partial charge in [0.15, 0.2) is 0 Å². The molecule has 1 aromatic heterocycles. The summed E-state index contributed by atoms with van der Waals surface area (Å²) in [5.74, 6) is 0. The number of hydrogen-bond acceptors (Lipinski definition) is 5. The van der Waals surface area contributed by atoms with E-state index in [9.17, 15) is 4.79 Å². The third-order valence-corrected chi connectivity index (χ3v) is 3.92. The van der Waals surface area contributed by atoms with Crippen molar-refractivity contribution >= 4 is 6.09 Å². The van der Waals surface area contributed by atoms with Gasteiger partial charge in [0.05, 0.1) is 18.7 Å². The van der Waals surface area contributed by atoms with E-state index >= 15 is 0 Å². The summed E-state index contributed by atoms with van der Waals surface area (Å²) >= 11 is 0. The number of pyridine rings is 1. The Kier molecular flexibility index (Phi) is 5.59. The highest BCUT2D eigenvalue weighted by molar-refractivity contribution is 5.68. The Bertz CT molecular complexity index is 542. The summed E-state index contributed by atoms with van der Waals surface area (Å²) in [6.45, 7) is 9.49. The molecule has 0 aliphatic carbocycles. The van der Waals surface area contributed by atoms with Crippen LogP contribution in [0.1, 0.15) is 31.9 Å². The summed E-state index contributed by atoms with van der Waals surface area (Å²) in [6.07, 6.45) is 3.32. The molecule has 1 saturated heterocycles. The summed E-state index contributed by atoms with van der Waals surface area (Å²) in [5, 5.41) is 3.47. The zero-order valence-corrected chi connectivity index (χ0v) is 14.6. The van der Waals surface area contributed by atoms with Gasteiger partial charge in [0.2, 0.25) is 0 Å². The molecule has 23 heavy (non-hydrogen) atoms. The molecule has 1 aliphatic rings. The van der Waals surface area contributed by atoms with Crippen LogP contribution >= 0.6 is 0 Å². The molecule has 0 radical (unpaired) electrons. The molecule has 1 amide bonds. The molecule has 0 bridgehead atoms. The van der Waals surface area contributed by atoms with Gasteiger partial charge in [0.1, 0.15) is 5.60 Å². The molecule has 1 unspecified atom stereocenters. The minimum absolute atomic E-state index is 0.0421. The first kappa shape index (κ1) is 17.7. The molecule has 6 nitrogen and oxygen atoms in total. The van der Waals surface area contributed by atoms with Crippen molar-refractivity contribution in [1.82, 2.24) is 15.2 Å².